The number of nitrogens with one attached hydrogen (secondary N) is 3. The third kappa shape index (κ3) is 2.98. The van der Waals surface area contributed by atoms with Crippen molar-refractivity contribution in [3.63, 3.8) is 0 Å². The fourth-order valence-electron chi connectivity index (χ4n) is 4.12. The number of rotatable bonds is 3. The lowest BCUT2D eigenvalue weighted by molar-refractivity contribution is -0.133. The average molecular weight is 328 g/mol. The van der Waals surface area contributed by atoms with Crippen molar-refractivity contribution in [3.05, 3.63) is 24.3 Å². The largest absolute Gasteiger partial charge is 0.374 e. The number of anilines is 2. The standard InChI is InChI=1S/C18H24N4O2/c23-16-5-4-15(17(24)21-16)20-13-2-1-3-14(10-13)22-9-7-18(12-22)6-8-19-11-18/h1-3,10,15,19-20H,4-9,11-12H2,(H,21,23,24). The first kappa shape index (κ1) is 15.4. The van der Waals surface area contributed by atoms with Crippen molar-refractivity contribution < 1.29 is 9.59 Å². The zero-order valence-corrected chi connectivity index (χ0v) is 13.8. The Hall–Kier alpha value is -2.08. The lowest BCUT2D eigenvalue weighted by Gasteiger charge is -2.26. The van der Waals surface area contributed by atoms with Gasteiger partial charge in [0.1, 0.15) is 6.04 Å². The molecule has 0 aliphatic carbocycles. The highest BCUT2D eigenvalue weighted by atomic mass is 16.2. The van der Waals surface area contributed by atoms with Gasteiger partial charge in [0, 0.05) is 42.8 Å². The number of hydrogen-bond donors (Lipinski definition) is 3. The fourth-order valence-corrected chi connectivity index (χ4v) is 4.12. The summed E-state index contributed by atoms with van der Waals surface area (Å²) in [4.78, 5) is 25.6. The zero-order valence-electron chi connectivity index (χ0n) is 13.8. The average Bonchev–Trinajstić information content (AvgIpc) is 3.21. The molecule has 3 fully saturated rings. The molecule has 1 aromatic rings. The summed E-state index contributed by atoms with van der Waals surface area (Å²) < 4.78 is 0. The molecular formula is C18H24N4O2. The first-order chi connectivity index (χ1) is 11.6. The Kier molecular flexibility index (Phi) is 3.92. The molecule has 2 amide bonds. The van der Waals surface area contributed by atoms with Gasteiger partial charge >= 0.3 is 0 Å². The second-order valence-electron chi connectivity index (χ2n) is 7.30. The van der Waals surface area contributed by atoms with Crippen molar-refractivity contribution in [3.8, 4) is 0 Å². The minimum absolute atomic E-state index is 0.181. The molecule has 3 N–H and O–H groups in total. The van der Waals surface area contributed by atoms with E-state index in [1.165, 1.54) is 18.5 Å². The summed E-state index contributed by atoms with van der Waals surface area (Å²) in [6.45, 7) is 4.44. The predicted molar refractivity (Wildman–Crippen MR) is 93.0 cm³/mol. The van der Waals surface area contributed by atoms with E-state index in [1.54, 1.807) is 0 Å². The van der Waals surface area contributed by atoms with Gasteiger partial charge in [-0.05, 0) is 44.0 Å². The maximum atomic E-state index is 11.9. The van der Waals surface area contributed by atoms with Crippen LogP contribution in [0.2, 0.25) is 0 Å². The van der Waals surface area contributed by atoms with Crippen molar-refractivity contribution in [2.45, 2.75) is 31.7 Å². The molecule has 1 aromatic carbocycles. The molecular weight excluding hydrogens is 304 g/mol. The number of carbonyl (C=O) groups is 2. The van der Waals surface area contributed by atoms with Gasteiger partial charge in [0.25, 0.3) is 0 Å². The monoisotopic (exact) mass is 328 g/mol. The maximum Gasteiger partial charge on any atom is 0.249 e. The zero-order chi connectivity index (χ0) is 16.6. The van der Waals surface area contributed by atoms with Gasteiger partial charge in [-0.25, -0.2) is 0 Å². The van der Waals surface area contributed by atoms with Crippen LogP contribution in [0.1, 0.15) is 25.7 Å². The van der Waals surface area contributed by atoms with Gasteiger partial charge in [0.2, 0.25) is 11.8 Å². The summed E-state index contributed by atoms with van der Waals surface area (Å²) in [7, 11) is 0. The predicted octanol–water partition coefficient (Wildman–Crippen LogP) is 1.09. The van der Waals surface area contributed by atoms with Gasteiger partial charge in [-0.3, -0.25) is 14.9 Å². The maximum absolute atomic E-state index is 11.9. The lowest BCUT2D eigenvalue weighted by atomic mass is 9.86. The van der Waals surface area contributed by atoms with Gasteiger partial charge in [-0.15, -0.1) is 0 Å². The molecule has 2 atom stereocenters. The molecule has 2 unspecified atom stereocenters. The molecule has 3 heterocycles. The Morgan fingerprint density at radius 2 is 2.17 bits per heavy atom. The number of amides is 2. The van der Waals surface area contributed by atoms with E-state index in [0.29, 0.717) is 18.3 Å². The normalized spacial score (nSPS) is 30.0. The van der Waals surface area contributed by atoms with Gasteiger partial charge in [-0.1, -0.05) is 6.07 Å². The Bertz CT molecular complexity index is 654. The molecule has 24 heavy (non-hydrogen) atoms. The number of carbonyl (C=O) groups excluding carboxylic acids is 2. The summed E-state index contributed by atoms with van der Waals surface area (Å²) in [5.41, 5.74) is 2.58. The minimum atomic E-state index is -0.332. The van der Waals surface area contributed by atoms with Gasteiger partial charge in [-0.2, -0.15) is 0 Å². The highest BCUT2D eigenvalue weighted by Crippen LogP contribution is 2.38. The van der Waals surface area contributed by atoms with Gasteiger partial charge in [0.15, 0.2) is 0 Å². The number of benzene rings is 1. The molecule has 0 radical (unpaired) electrons. The molecule has 0 aromatic heterocycles. The van der Waals surface area contributed by atoms with Crippen LogP contribution in [-0.4, -0.2) is 44.0 Å². The van der Waals surface area contributed by atoms with Crippen LogP contribution in [0.5, 0.6) is 0 Å². The second-order valence-corrected chi connectivity index (χ2v) is 7.30. The third-order valence-electron chi connectivity index (χ3n) is 5.56. The summed E-state index contributed by atoms with van der Waals surface area (Å²) in [6, 6.07) is 7.93. The van der Waals surface area contributed by atoms with Gasteiger partial charge in [0.05, 0.1) is 0 Å². The molecule has 4 rings (SSSR count). The highest BCUT2D eigenvalue weighted by Gasteiger charge is 2.40. The van der Waals surface area contributed by atoms with Crippen LogP contribution >= 0.6 is 0 Å². The van der Waals surface area contributed by atoms with Crippen LogP contribution in [-0.2, 0) is 9.59 Å². The number of hydrogen-bond acceptors (Lipinski definition) is 5. The molecule has 6 nitrogen and oxygen atoms in total. The number of nitrogens with zero attached hydrogens (tertiary/aromatic N) is 1. The molecule has 0 saturated carbocycles. The van der Waals surface area contributed by atoms with Crippen LogP contribution in [0, 0.1) is 5.41 Å². The first-order valence-corrected chi connectivity index (χ1v) is 8.80. The van der Waals surface area contributed by atoms with Crippen LogP contribution in [0.15, 0.2) is 24.3 Å². The molecule has 0 bridgehead atoms. The van der Waals surface area contributed by atoms with E-state index in [4.69, 9.17) is 0 Å². The Balaban J connectivity index is 1.44. The summed E-state index contributed by atoms with van der Waals surface area (Å²) in [5, 5.41) is 9.16. The molecule has 1 spiro atoms. The van der Waals surface area contributed by atoms with Gasteiger partial charge < -0.3 is 15.5 Å². The summed E-state index contributed by atoms with van der Waals surface area (Å²) in [5.74, 6) is -0.409. The summed E-state index contributed by atoms with van der Waals surface area (Å²) in [6.07, 6.45) is 3.45. The second kappa shape index (κ2) is 6.09. The van der Waals surface area contributed by atoms with E-state index >= 15 is 0 Å². The van der Waals surface area contributed by atoms with Crippen LogP contribution in [0.3, 0.4) is 0 Å². The number of piperidine rings is 1. The molecule has 3 saturated heterocycles. The first-order valence-electron chi connectivity index (χ1n) is 8.80. The van der Waals surface area contributed by atoms with Crippen LogP contribution < -0.4 is 20.9 Å². The Labute approximate surface area is 142 Å². The van der Waals surface area contributed by atoms with Crippen molar-refractivity contribution >= 4 is 23.2 Å². The molecule has 3 aliphatic heterocycles. The molecule has 128 valence electrons. The van der Waals surface area contributed by atoms with E-state index in [9.17, 15) is 9.59 Å². The SMILES string of the molecule is O=C1CCC(Nc2cccc(N3CCC4(CCNC4)C3)c2)C(=O)N1. The van der Waals surface area contributed by atoms with E-state index in [2.05, 4.69) is 33.0 Å². The van der Waals surface area contributed by atoms with E-state index in [0.717, 1.165) is 31.9 Å². The van der Waals surface area contributed by atoms with Crippen molar-refractivity contribution in [2.75, 3.05) is 36.4 Å². The van der Waals surface area contributed by atoms with Crippen molar-refractivity contribution in [2.24, 2.45) is 5.41 Å². The Morgan fingerprint density at radius 3 is 2.96 bits per heavy atom. The van der Waals surface area contributed by atoms with Crippen molar-refractivity contribution in [1.82, 2.24) is 10.6 Å². The quantitative estimate of drug-likeness (QED) is 0.725. The van der Waals surface area contributed by atoms with Crippen molar-refractivity contribution in [1.29, 1.82) is 0 Å². The smallest absolute Gasteiger partial charge is 0.249 e. The van der Waals surface area contributed by atoms with E-state index in [-0.39, 0.29) is 17.9 Å². The highest BCUT2D eigenvalue weighted by molar-refractivity contribution is 6.01. The molecule has 3 aliphatic rings. The van der Waals surface area contributed by atoms with Crippen LogP contribution in [0.25, 0.3) is 0 Å². The van der Waals surface area contributed by atoms with E-state index in [1.807, 2.05) is 12.1 Å². The number of imide groups is 1. The summed E-state index contributed by atoms with van der Waals surface area (Å²) >= 11 is 0. The Morgan fingerprint density at radius 1 is 1.25 bits per heavy atom. The molecule has 6 heteroatoms. The lowest BCUT2D eigenvalue weighted by Crippen LogP contribution is -2.47. The minimum Gasteiger partial charge on any atom is -0.374 e. The fraction of sp³-hybridized carbons (Fsp3) is 0.556. The van der Waals surface area contributed by atoms with E-state index < -0.39 is 0 Å². The topological polar surface area (TPSA) is 73.5 Å². The third-order valence-corrected chi connectivity index (χ3v) is 5.56. The van der Waals surface area contributed by atoms with Crippen LogP contribution in [0.4, 0.5) is 11.4 Å².